The maximum absolute atomic E-state index is 4.45. The third-order valence-corrected chi connectivity index (χ3v) is 3.93. The summed E-state index contributed by atoms with van der Waals surface area (Å²) in [5.74, 6) is 0.823. The summed E-state index contributed by atoms with van der Waals surface area (Å²) in [5, 5.41) is 9.87. The molecule has 0 saturated carbocycles. The molecule has 0 aliphatic carbocycles. The molecule has 1 aromatic heterocycles. The van der Waals surface area contributed by atoms with Crippen LogP contribution in [0.15, 0.2) is 34.6 Å². The van der Waals surface area contributed by atoms with Gasteiger partial charge in [-0.05, 0) is 19.4 Å². The molecule has 2 aromatic rings. The topological polar surface area (TPSA) is 49.3 Å². The van der Waals surface area contributed by atoms with Crippen molar-refractivity contribution in [2.45, 2.75) is 26.8 Å². The molecular weight excluding hydrogens is 280 g/mol. The third-order valence-electron chi connectivity index (χ3n) is 3.11. The van der Waals surface area contributed by atoms with Crippen molar-refractivity contribution in [3.05, 3.63) is 51.5 Å². The average molecular weight is 302 g/mol. The van der Waals surface area contributed by atoms with Crippen LogP contribution >= 0.6 is 11.3 Å². The van der Waals surface area contributed by atoms with E-state index in [1.54, 1.807) is 18.4 Å². The lowest BCUT2D eigenvalue weighted by molar-refractivity contribution is 0.785. The fourth-order valence-electron chi connectivity index (χ4n) is 2.06. The summed E-state index contributed by atoms with van der Waals surface area (Å²) in [5.41, 5.74) is 3.67. The zero-order valence-corrected chi connectivity index (χ0v) is 13.6. The maximum Gasteiger partial charge on any atom is 0.191 e. The van der Waals surface area contributed by atoms with Gasteiger partial charge in [0.2, 0.25) is 0 Å². The normalized spacial score (nSPS) is 11.5. The molecule has 0 aliphatic rings. The number of nitrogens with zero attached hydrogens (tertiary/aromatic N) is 2. The minimum atomic E-state index is 0.775. The lowest BCUT2D eigenvalue weighted by Gasteiger charge is -2.11. The number of guanidine groups is 1. The van der Waals surface area contributed by atoms with Gasteiger partial charge < -0.3 is 10.6 Å². The highest BCUT2D eigenvalue weighted by Gasteiger charge is 2.01. The average Bonchev–Trinajstić information content (AvgIpc) is 2.88. The minimum absolute atomic E-state index is 0.775. The summed E-state index contributed by atoms with van der Waals surface area (Å²) in [6.07, 6.45) is 0.912. The van der Waals surface area contributed by atoms with Crippen molar-refractivity contribution in [3.8, 4) is 0 Å². The van der Waals surface area contributed by atoms with E-state index in [1.165, 1.54) is 11.1 Å². The number of benzene rings is 1. The van der Waals surface area contributed by atoms with Crippen LogP contribution in [0.2, 0.25) is 0 Å². The Bertz CT molecular complexity index is 604. The molecule has 0 saturated heterocycles. The third kappa shape index (κ3) is 5.19. The lowest BCUT2D eigenvalue weighted by atomic mass is 10.1. The molecule has 0 radical (unpaired) electrons. The van der Waals surface area contributed by atoms with E-state index in [0.717, 1.165) is 36.2 Å². The molecule has 4 nitrogen and oxygen atoms in total. The highest BCUT2D eigenvalue weighted by molar-refractivity contribution is 7.09. The Labute approximate surface area is 130 Å². The van der Waals surface area contributed by atoms with E-state index in [0.29, 0.717) is 0 Å². The van der Waals surface area contributed by atoms with E-state index in [2.05, 4.69) is 57.2 Å². The second-order valence-corrected chi connectivity index (χ2v) is 6.01. The molecule has 0 fully saturated rings. The molecule has 0 aliphatic heterocycles. The summed E-state index contributed by atoms with van der Waals surface area (Å²) < 4.78 is 0. The van der Waals surface area contributed by atoms with E-state index in [1.807, 2.05) is 6.92 Å². The van der Waals surface area contributed by atoms with E-state index in [9.17, 15) is 0 Å². The zero-order valence-electron chi connectivity index (χ0n) is 12.8. The Hall–Kier alpha value is -1.88. The Morgan fingerprint density at radius 2 is 2.14 bits per heavy atom. The summed E-state index contributed by atoms with van der Waals surface area (Å²) in [6.45, 7) is 5.74. The second-order valence-electron chi connectivity index (χ2n) is 4.95. The number of hydrogen-bond donors (Lipinski definition) is 2. The van der Waals surface area contributed by atoms with Crippen LogP contribution in [-0.2, 0) is 13.0 Å². The van der Waals surface area contributed by atoms with Crippen molar-refractivity contribution in [1.82, 2.24) is 15.6 Å². The smallest absolute Gasteiger partial charge is 0.191 e. The highest BCUT2D eigenvalue weighted by atomic mass is 32.1. The Morgan fingerprint density at radius 1 is 1.29 bits per heavy atom. The Kier molecular flexibility index (Phi) is 5.75. The molecule has 1 aromatic carbocycles. The number of hydrogen-bond acceptors (Lipinski definition) is 3. The quantitative estimate of drug-likeness (QED) is 0.659. The van der Waals surface area contributed by atoms with Gasteiger partial charge in [0.05, 0.1) is 10.7 Å². The van der Waals surface area contributed by atoms with Crippen LogP contribution in [-0.4, -0.2) is 24.5 Å². The van der Waals surface area contributed by atoms with E-state index >= 15 is 0 Å². The van der Waals surface area contributed by atoms with Gasteiger partial charge >= 0.3 is 0 Å². The van der Waals surface area contributed by atoms with Crippen LogP contribution < -0.4 is 10.6 Å². The van der Waals surface area contributed by atoms with Gasteiger partial charge in [0.15, 0.2) is 5.96 Å². The molecule has 2 rings (SSSR count). The first kappa shape index (κ1) is 15.5. The van der Waals surface area contributed by atoms with Crippen molar-refractivity contribution in [3.63, 3.8) is 0 Å². The van der Waals surface area contributed by atoms with Gasteiger partial charge in [-0.25, -0.2) is 4.98 Å². The van der Waals surface area contributed by atoms with E-state index in [-0.39, 0.29) is 0 Å². The largest absolute Gasteiger partial charge is 0.356 e. The van der Waals surface area contributed by atoms with Crippen LogP contribution in [0.3, 0.4) is 0 Å². The predicted molar refractivity (Wildman–Crippen MR) is 89.9 cm³/mol. The number of rotatable bonds is 5. The summed E-state index contributed by atoms with van der Waals surface area (Å²) in [6, 6.07) is 8.48. The van der Waals surface area contributed by atoms with Crippen molar-refractivity contribution in [2.24, 2.45) is 4.99 Å². The molecule has 112 valence electrons. The van der Waals surface area contributed by atoms with Gasteiger partial charge in [-0.3, -0.25) is 4.99 Å². The fraction of sp³-hybridized carbons (Fsp3) is 0.375. The van der Waals surface area contributed by atoms with Crippen molar-refractivity contribution in [2.75, 3.05) is 13.6 Å². The molecule has 0 amide bonds. The van der Waals surface area contributed by atoms with Crippen LogP contribution in [0.1, 0.15) is 21.8 Å². The fourth-order valence-corrected chi connectivity index (χ4v) is 2.71. The van der Waals surface area contributed by atoms with Crippen molar-refractivity contribution >= 4 is 17.3 Å². The monoisotopic (exact) mass is 302 g/mol. The van der Waals surface area contributed by atoms with E-state index in [4.69, 9.17) is 0 Å². The van der Waals surface area contributed by atoms with Gasteiger partial charge in [-0.2, -0.15) is 0 Å². The Morgan fingerprint density at radius 3 is 2.81 bits per heavy atom. The molecule has 2 N–H and O–H groups in total. The lowest BCUT2D eigenvalue weighted by Crippen LogP contribution is -2.37. The highest BCUT2D eigenvalue weighted by Crippen LogP contribution is 2.07. The molecular formula is C16H22N4S. The maximum atomic E-state index is 4.45. The molecule has 21 heavy (non-hydrogen) atoms. The first-order valence-electron chi connectivity index (χ1n) is 7.08. The number of thiazole rings is 1. The van der Waals surface area contributed by atoms with Crippen LogP contribution in [0.5, 0.6) is 0 Å². The SMILES string of the molecule is CN=C(NCCc1csc(C)n1)NCc1cccc(C)c1. The summed E-state index contributed by atoms with van der Waals surface area (Å²) in [4.78, 5) is 8.69. The van der Waals surface area contributed by atoms with Crippen LogP contribution in [0.4, 0.5) is 0 Å². The van der Waals surface area contributed by atoms with Gasteiger partial charge in [0.1, 0.15) is 0 Å². The van der Waals surface area contributed by atoms with Crippen LogP contribution in [0, 0.1) is 13.8 Å². The van der Waals surface area contributed by atoms with E-state index < -0.39 is 0 Å². The molecule has 5 heteroatoms. The molecule has 0 unspecified atom stereocenters. The number of aliphatic imine (C=N–C) groups is 1. The summed E-state index contributed by atoms with van der Waals surface area (Å²) >= 11 is 1.69. The van der Waals surface area contributed by atoms with Crippen LogP contribution in [0.25, 0.3) is 0 Å². The number of aromatic nitrogens is 1. The van der Waals surface area contributed by atoms with Gasteiger partial charge in [-0.15, -0.1) is 11.3 Å². The number of aryl methyl sites for hydroxylation is 2. The molecule has 0 atom stereocenters. The second kappa shape index (κ2) is 7.78. The standard InChI is InChI=1S/C16H22N4S/c1-12-5-4-6-14(9-12)10-19-16(17-3)18-8-7-15-11-21-13(2)20-15/h4-6,9,11H,7-8,10H2,1-3H3,(H2,17,18,19). The van der Waals surface area contributed by atoms with Crippen molar-refractivity contribution in [1.29, 1.82) is 0 Å². The molecule has 1 heterocycles. The Balaban J connectivity index is 1.76. The molecule has 0 spiro atoms. The number of nitrogens with one attached hydrogen (secondary N) is 2. The first-order chi connectivity index (χ1) is 10.2. The first-order valence-corrected chi connectivity index (χ1v) is 7.96. The van der Waals surface area contributed by atoms with Gasteiger partial charge in [-0.1, -0.05) is 29.8 Å². The summed E-state index contributed by atoms with van der Waals surface area (Å²) in [7, 11) is 1.79. The van der Waals surface area contributed by atoms with Gasteiger partial charge in [0, 0.05) is 31.9 Å². The van der Waals surface area contributed by atoms with Gasteiger partial charge in [0.25, 0.3) is 0 Å². The molecule has 0 bridgehead atoms. The zero-order chi connectivity index (χ0) is 15.1. The predicted octanol–water partition coefficient (Wildman–Crippen LogP) is 2.67. The van der Waals surface area contributed by atoms with Crippen molar-refractivity contribution < 1.29 is 0 Å². The minimum Gasteiger partial charge on any atom is -0.356 e.